The molecule has 0 unspecified atom stereocenters. The molecule has 1 aromatic carbocycles. The summed E-state index contributed by atoms with van der Waals surface area (Å²) < 4.78 is 0. The van der Waals surface area contributed by atoms with E-state index in [4.69, 9.17) is 11.6 Å². The van der Waals surface area contributed by atoms with Gasteiger partial charge in [-0.1, -0.05) is 17.7 Å². The van der Waals surface area contributed by atoms with Crippen molar-refractivity contribution in [1.82, 2.24) is 0 Å². The predicted molar refractivity (Wildman–Crippen MR) is 86.9 cm³/mol. The molecule has 1 aliphatic heterocycles. The van der Waals surface area contributed by atoms with Gasteiger partial charge in [-0.25, -0.2) is 0 Å². The van der Waals surface area contributed by atoms with Crippen molar-refractivity contribution in [2.45, 2.75) is 0 Å². The zero-order chi connectivity index (χ0) is 14.8. The van der Waals surface area contributed by atoms with Crippen molar-refractivity contribution in [2.75, 3.05) is 36.0 Å². The largest absolute Gasteiger partial charge is 0.368 e. The van der Waals surface area contributed by atoms with Gasteiger partial charge < -0.3 is 9.80 Å². The van der Waals surface area contributed by atoms with Crippen LogP contribution in [0.4, 0.5) is 15.7 Å². The van der Waals surface area contributed by atoms with Gasteiger partial charge in [0.05, 0.1) is 9.92 Å². The molecule has 2 aromatic rings. The van der Waals surface area contributed by atoms with Crippen LogP contribution in [0.2, 0.25) is 5.02 Å². The second-order valence-corrected chi connectivity index (χ2v) is 6.30. The molecule has 21 heavy (non-hydrogen) atoms. The minimum absolute atomic E-state index is 0.197. The summed E-state index contributed by atoms with van der Waals surface area (Å²) in [5, 5.41) is 12.6. The highest BCUT2D eigenvalue weighted by Crippen LogP contribution is 2.32. The van der Waals surface area contributed by atoms with Crippen LogP contribution in [0, 0.1) is 10.1 Å². The third kappa shape index (κ3) is 3.11. The summed E-state index contributed by atoms with van der Waals surface area (Å²) in [6.07, 6.45) is 0. The Hall–Kier alpha value is -1.79. The van der Waals surface area contributed by atoms with Gasteiger partial charge in [0.2, 0.25) is 0 Å². The van der Waals surface area contributed by atoms with Crippen molar-refractivity contribution >= 4 is 38.6 Å². The zero-order valence-corrected chi connectivity index (χ0v) is 12.8. The molecule has 3 rings (SSSR count). The zero-order valence-electron chi connectivity index (χ0n) is 11.2. The normalized spacial score (nSPS) is 15.3. The first-order valence-corrected chi connectivity index (χ1v) is 7.82. The van der Waals surface area contributed by atoms with E-state index in [1.54, 1.807) is 6.07 Å². The van der Waals surface area contributed by atoms with E-state index < -0.39 is 0 Å². The van der Waals surface area contributed by atoms with Crippen LogP contribution >= 0.6 is 22.9 Å². The molecule has 0 N–H and O–H groups in total. The van der Waals surface area contributed by atoms with Crippen LogP contribution in [0.5, 0.6) is 0 Å². The van der Waals surface area contributed by atoms with E-state index in [9.17, 15) is 10.1 Å². The van der Waals surface area contributed by atoms with Crippen molar-refractivity contribution in [3.63, 3.8) is 0 Å². The van der Waals surface area contributed by atoms with Crippen LogP contribution in [0.1, 0.15) is 0 Å². The summed E-state index contributed by atoms with van der Waals surface area (Å²) in [5.41, 5.74) is 1.12. The third-order valence-corrected chi connectivity index (χ3v) is 4.86. The highest BCUT2D eigenvalue weighted by molar-refractivity contribution is 7.19. The molecule has 0 aliphatic carbocycles. The molecule has 1 fully saturated rings. The number of rotatable bonds is 3. The summed E-state index contributed by atoms with van der Waals surface area (Å²) in [5.74, 6) is 0. The molecule has 1 aromatic heterocycles. The molecule has 0 spiro atoms. The molecule has 1 aliphatic rings. The molecule has 7 heteroatoms. The lowest BCUT2D eigenvalue weighted by Gasteiger charge is -2.36. The highest BCUT2D eigenvalue weighted by atomic mass is 35.5. The minimum Gasteiger partial charge on any atom is -0.368 e. The minimum atomic E-state index is -0.337. The van der Waals surface area contributed by atoms with E-state index in [1.165, 1.54) is 11.3 Å². The van der Waals surface area contributed by atoms with Gasteiger partial charge in [-0.2, -0.15) is 0 Å². The summed E-state index contributed by atoms with van der Waals surface area (Å²) in [4.78, 5) is 14.9. The Labute approximate surface area is 131 Å². The summed E-state index contributed by atoms with van der Waals surface area (Å²) >= 11 is 7.26. The fraction of sp³-hybridized carbons (Fsp3) is 0.286. The fourth-order valence-electron chi connectivity index (χ4n) is 2.44. The molecule has 5 nitrogen and oxygen atoms in total. The maximum atomic E-state index is 10.7. The second kappa shape index (κ2) is 5.91. The Morgan fingerprint density at radius 1 is 1.10 bits per heavy atom. The molecule has 0 radical (unpaired) electrons. The first-order chi connectivity index (χ1) is 10.1. The molecule has 2 heterocycles. The van der Waals surface area contributed by atoms with E-state index in [1.807, 2.05) is 24.3 Å². The van der Waals surface area contributed by atoms with E-state index in [-0.39, 0.29) is 9.92 Å². The van der Waals surface area contributed by atoms with Gasteiger partial charge >= 0.3 is 5.00 Å². The maximum Gasteiger partial charge on any atom is 0.326 e. The van der Waals surface area contributed by atoms with Gasteiger partial charge in [-0.3, -0.25) is 10.1 Å². The van der Waals surface area contributed by atoms with Crippen molar-refractivity contribution in [3.8, 4) is 0 Å². The Bertz CT molecular complexity index is 653. The fourth-order valence-corrected chi connectivity index (χ4v) is 3.50. The average molecular weight is 324 g/mol. The molecular formula is C14H14ClN3O2S. The predicted octanol–water partition coefficient (Wildman–Crippen LogP) is 3.64. The summed E-state index contributed by atoms with van der Waals surface area (Å²) in [6, 6.07) is 11.2. The molecule has 110 valence electrons. The van der Waals surface area contributed by atoms with Crippen LogP contribution in [0.15, 0.2) is 36.4 Å². The lowest BCUT2D eigenvalue weighted by Crippen LogP contribution is -2.46. The van der Waals surface area contributed by atoms with Crippen molar-refractivity contribution in [3.05, 3.63) is 51.5 Å². The van der Waals surface area contributed by atoms with E-state index in [0.29, 0.717) is 0 Å². The lowest BCUT2D eigenvalue weighted by molar-refractivity contribution is -0.380. The van der Waals surface area contributed by atoms with Gasteiger partial charge in [-0.15, -0.1) is 0 Å². The van der Waals surface area contributed by atoms with Crippen molar-refractivity contribution in [2.24, 2.45) is 0 Å². The third-order valence-electron chi connectivity index (χ3n) is 3.52. The molecule has 0 bridgehead atoms. The lowest BCUT2D eigenvalue weighted by atomic mass is 10.2. The highest BCUT2D eigenvalue weighted by Gasteiger charge is 2.20. The van der Waals surface area contributed by atoms with E-state index >= 15 is 0 Å². The summed E-state index contributed by atoms with van der Waals surface area (Å²) in [6.45, 7) is 3.46. The number of nitro groups is 1. The van der Waals surface area contributed by atoms with Gasteiger partial charge in [0, 0.05) is 43.0 Å². The Morgan fingerprint density at radius 3 is 2.43 bits per heavy atom. The van der Waals surface area contributed by atoms with E-state index in [0.717, 1.165) is 41.9 Å². The molecule has 0 amide bonds. The standard InChI is InChI=1S/C14H14ClN3O2S/c15-11-2-1-3-12(10-11)16-6-8-17(9-7-16)13-4-5-14(21-13)18(19)20/h1-5,10H,6-9H2. The quantitative estimate of drug-likeness (QED) is 0.639. The van der Waals surface area contributed by atoms with Crippen LogP contribution in [0.25, 0.3) is 0 Å². The van der Waals surface area contributed by atoms with Gasteiger partial charge in [0.25, 0.3) is 0 Å². The number of nitrogens with zero attached hydrogens (tertiary/aromatic N) is 3. The molecule has 1 saturated heterocycles. The summed E-state index contributed by atoms with van der Waals surface area (Å²) in [7, 11) is 0. The molecular weight excluding hydrogens is 310 g/mol. The average Bonchev–Trinajstić information content (AvgIpc) is 2.97. The Kier molecular flexibility index (Phi) is 3.98. The van der Waals surface area contributed by atoms with Crippen LogP contribution in [-0.2, 0) is 0 Å². The molecule has 0 atom stereocenters. The topological polar surface area (TPSA) is 49.6 Å². The SMILES string of the molecule is O=[N+]([O-])c1ccc(N2CCN(c3cccc(Cl)c3)CC2)s1. The van der Waals surface area contributed by atoms with Crippen LogP contribution in [0.3, 0.4) is 0 Å². The van der Waals surface area contributed by atoms with E-state index in [2.05, 4.69) is 15.9 Å². The second-order valence-electron chi connectivity index (χ2n) is 4.82. The van der Waals surface area contributed by atoms with Crippen molar-refractivity contribution < 1.29 is 4.92 Å². The number of halogens is 1. The maximum absolute atomic E-state index is 10.7. The monoisotopic (exact) mass is 323 g/mol. The number of anilines is 2. The Balaban J connectivity index is 1.66. The number of piperazine rings is 1. The number of benzene rings is 1. The van der Waals surface area contributed by atoms with Gasteiger partial charge in [0.1, 0.15) is 0 Å². The number of hydrogen-bond donors (Lipinski definition) is 0. The van der Waals surface area contributed by atoms with Gasteiger partial charge in [0.15, 0.2) is 0 Å². The Morgan fingerprint density at radius 2 is 1.81 bits per heavy atom. The van der Waals surface area contributed by atoms with Gasteiger partial charge in [-0.05, 0) is 35.6 Å². The first-order valence-electron chi connectivity index (χ1n) is 6.63. The first kappa shape index (κ1) is 14.2. The smallest absolute Gasteiger partial charge is 0.326 e. The molecule has 0 saturated carbocycles. The van der Waals surface area contributed by atoms with Crippen LogP contribution < -0.4 is 9.80 Å². The number of thiophene rings is 1. The van der Waals surface area contributed by atoms with Crippen molar-refractivity contribution in [1.29, 1.82) is 0 Å². The number of hydrogen-bond acceptors (Lipinski definition) is 5. The van der Waals surface area contributed by atoms with Crippen LogP contribution in [-0.4, -0.2) is 31.1 Å².